The van der Waals surface area contributed by atoms with E-state index in [1.54, 1.807) is 0 Å². The molecule has 2 aromatic rings. The number of benzene rings is 2. The molecule has 0 saturated heterocycles. The average Bonchev–Trinajstić information content (AvgIpc) is 2.71. The van der Waals surface area contributed by atoms with Gasteiger partial charge in [0, 0.05) is 5.69 Å². The van der Waals surface area contributed by atoms with Gasteiger partial charge in [-0.25, -0.2) is 14.0 Å². The number of amides is 2. The van der Waals surface area contributed by atoms with Crippen molar-refractivity contribution in [2.24, 2.45) is 0 Å². The third-order valence-electron chi connectivity index (χ3n) is 3.45. The number of nitrogens with one attached hydrogen (secondary N) is 2. The molecule has 0 saturated carbocycles. The minimum Gasteiger partial charge on any atom is -0.465 e. The van der Waals surface area contributed by atoms with Crippen LogP contribution in [-0.2, 0) is 19.1 Å². The monoisotopic (exact) mass is 388 g/mol. The maximum atomic E-state index is 12.8. The number of carbonyl (C=O) groups excluding carboxylic acids is 4. The Morgan fingerprint density at radius 3 is 2.00 bits per heavy atom. The van der Waals surface area contributed by atoms with Crippen molar-refractivity contribution >= 4 is 29.4 Å². The molecule has 0 radical (unpaired) electrons. The number of hydrogen-bond donors (Lipinski definition) is 2. The molecule has 2 N–H and O–H groups in total. The number of carbonyl (C=O) groups is 4. The Labute approximate surface area is 159 Å². The normalized spacial score (nSPS) is 9.93. The van der Waals surface area contributed by atoms with Gasteiger partial charge in [0.15, 0.2) is 6.61 Å². The maximum absolute atomic E-state index is 12.8. The topological polar surface area (TPSA) is 111 Å². The van der Waals surface area contributed by atoms with E-state index in [1.165, 1.54) is 55.6 Å². The average molecular weight is 388 g/mol. The minimum atomic E-state index is -0.762. The predicted octanol–water partition coefficient (Wildman–Crippen LogP) is 1.52. The zero-order chi connectivity index (χ0) is 20.5. The summed E-state index contributed by atoms with van der Waals surface area (Å²) in [5.41, 5.74) is 0.793. The summed E-state index contributed by atoms with van der Waals surface area (Å²) in [7, 11) is 1.24. The molecule has 0 spiro atoms. The van der Waals surface area contributed by atoms with Crippen LogP contribution in [0.3, 0.4) is 0 Å². The molecule has 0 aliphatic rings. The lowest BCUT2D eigenvalue weighted by atomic mass is 10.1. The summed E-state index contributed by atoms with van der Waals surface area (Å²) < 4.78 is 22.2. The van der Waals surface area contributed by atoms with Gasteiger partial charge in [-0.15, -0.1) is 0 Å². The largest absolute Gasteiger partial charge is 0.465 e. The SMILES string of the molecule is COC(=O)c1ccc(C(=O)OCC(=O)NCC(=O)Nc2ccc(F)cc2)cc1. The maximum Gasteiger partial charge on any atom is 0.338 e. The molecule has 0 aromatic heterocycles. The molecule has 0 aliphatic carbocycles. The van der Waals surface area contributed by atoms with Gasteiger partial charge in [-0.3, -0.25) is 9.59 Å². The van der Waals surface area contributed by atoms with Crippen LogP contribution in [0.4, 0.5) is 10.1 Å². The Kier molecular flexibility index (Phi) is 7.21. The van der Waals surface area contributed by atoms with E-state index in [4.69, 9.17) is 4.74 Å². The molecule has 9 heteroatoms. The van der Waals surface area contributed by atoms with Crippen LogP contribution >= 0.6 is 0 Å². The molecule has 0 atom stereocenters. The van der Waals surface area contributed by atoms with Crippen molar-refractivity contribution in [1.82, 2.24) is 5.32 Å². The molecule has 0 aliphatic heterocycles. The van der Waals surface area contributed by atoms with Crippen LogP contribution in [0.25, 0.3) is 0 Å². The zero-order valence-corrected chi connectivity index (χ0v) is 14.9. The minimum absolute atomic E-state index is 0.148. The fourth-order valence-corrected chi connectivity index (χ4v) is 2.04. The van der Waals surface area contributed by atoms with Crippen LogP contribution in [0, 0.1) is 5.82 Å². The number of methoxy groups -OCH3 is 1. The molecule has 0 heterocycles. The summed E-state index contributed by atoms with van der Waals surface area (Å²) in [5, 5.41) is 4.76. The van der Waals surface area contributed by atoms with Crippen LogP contribution in [-0.4, -0.2) is 44.0 Å². The number of rotatable bonds is 7. The molecule has 0 unspecified atom stereocenters. The van der Waals surface area contributed by atoms with E-state index in [0.29, 0.717) is 5.69 Å². The van der Waals surface area contributed by atoms with E-state index in [9.17, 15) is 23.6 Å². The first-order valence-corrected chi connectivity index (χ1v) is 8.06. The molecule has 8 nitrogen and oxygen atoms in total. The Morgan fingerprint density at radius 1 is 0.857 bits per heavy atom. The van der Waals surface area contributed by atoms with E-state index in [0.717, 1.165) is 0 Å². The molecule has 2 rings (SSSR count). The first kappa shape index (κ1) is 20.6. The standard InChI is InChI=1S/C19H17FN2O6/c1-27-18(25)12-2-4-13(5-3-12)19(26)28-11-17(24)21-10-16(23)22-15-8-6-14(20)7-9-15/h2-9H,10-11H2,1H3,(H,21,24)(H,22,23). The molecule has 0 fully saturated rings. The van der Waals surface area contributed by atoms with Crippen molar-refractivity contribution in [3.63, 3.8) is 0 Å². The molecule has 146 valence electrons. The molecular formula is C19H17FN2O6. The van der Waals surface area contributed by atoms with Gasteiger partial charge >= 0.3 is 11.9 Å². The lowest BCUT2D eigenvalue weighted by molar-refractivity contribution is -0.126. The highest BCUT2D eigenvalue weighted by molar-refractivity contribution is 5.96. The van der Waals surface area contributed by atoms with Gasteiger partial charge in [0.25, 0.3) is 5.91 Å². The molecular weight excluding hydrogens is 371 g/mol. The van der Waals surface area contributed by atoms with Crippen LogP contribution in [0.1, 0.15) is 20.7 Å². The van der Waals surface area contributed by atoms with Crippen molar-refractivity contribution in [2.45, 2.75) is 0 Å². The highest BCUT2D eigenvalue weighted by Gasteiger charge is 2.13. The van der Waals surface area contributed by atoms with Gasteiger partial charge in [-0.1, -0.05) is 0 Å². The van der Waals surface area contributed by atoms with Gasteiger partial charge in [0.05, 0.1) is 24.8 Å². The van der Waals surface area contributed by atoms with Crippen molar-refractivity contribution in [1.29, 1.82) is 0 Å². The van der Waals surface area contributed by atoms with Crippen molar-refractivity contribution < 1.29 is 33.0 Å². The molecule has 2 amide bonds. The summed E-state index contributed by atoms with van der Waals surface area (Å²) in [6.45, 7) is -0.928. The number of halogens is 1. The Morgan fingerprint density at radius 2 is 1.43 bits per heavy atom. The highest BCUT2D eigenvalue weighted by Crippen LogP contribution is 2.08. The third-order valence-corrected chi connectivity index (χ3v) is 3.45. The van der Waals surface area contributed by atoms with Crippen molar-refractivity contribution in [3.8, 4) is 0 Å². The fraction of sp³-hybridized carbons (Fsp3) is 0.158. The van der Waals surface area contributed by atoms with Gasteiger partial charge in [0.1, 0.15) is 5.82 Å². The summed E-state index contributed by atoms with van der Waals surface area (Å²) in [6.07, 6.45) is 0. The van der Waals surface area contributed by atoms with Gasteiger partial charge in [0.2, 0.25) is 5.91 Å². The van der Waals surface area contributed by atoms with Gasteiger partial charge < -0.3 is 20.1 Å². The number of hydrogen-bond acceptors (Lipinski definition) is 6. The number of anilines is 1. The van der Waals surface area contributed by atoms with Crippen LogP contribution in [0.15, 0.2) is 48.5 Å². The second-order valence-electron chi connectivity index (χ2n) is 5.48. The van der Waals surface area contributed by atoms with E-state index in [2.05, 4.69) is 15.4 Å². The Bertz CT molecular complexity index is 865. The molecule has 0 bridgehead atoms. The van der Waals surface area contributed by atoms with Crippen LogP contribution < -0.4 is 10.6 Å². The van der Waals surface area contributed by atoms with Gasteiger partial charge in [-0.05, 0) is 48.5 Å². The van der Waals surface area contributed by atoms with Crippen LogP contribution in [0.5, 0.6) is 0 Å². The second-order valence-corrected chi connectivity index (χ2v) is 5.48. The Hall–Kier alpha value is -3.75. The number of ether oxygens (including phenoxy) is 2. The Balaban J connectivity index is 1.74. The quantitative estimate of drug-likeness (QED) is 0.696. The lowest BCUT2D eigenvalue weighted by Crippen LogP contribution is -2.35. The molecule has 28 heavy (non-hydrogen) atoms. The van der Waals surface area contributed by atoms with Crippen LogP contribution in [0.2, 0.25) is 0 Å². The summed E-state index contributed by atoms with van der Waals surface area (Å²) in [5.74, 6) is -2.94. The first-order valence-electron chi connectivity index (χ1n) is 8.06. The van der Waals surface area contributed by atoms with E-state index in [-0.39, 0.29) is 17.7 Å². The number of esters is 2. The van der Waals surface area contributed by atoms with Crippen molar-refractivity contribution in [3.05, 3.63) is 65.5 Å². The highest BCUT2D eigenvalue weighted by atomic mass is 19.1. The second kappa shape index (κ2) is 9.81. The third kappa shape index (κ3) is 6.20. The predicted molar refractivity (Wildman–Crippen MR) is 96.1 cm³/mol. The van der Waals surface area contributed by atoms with E-state index < -0.39 is 36.2 Å². The lowest BCUT2D eigenvalue weighted by Gasteiger charge is -2.08. The summed E-state index contributed by atoms with van der Waals surface area (Å²) in [4.78, 5) is 46.6. The smallest absolute Gasteiger partial charge is 0.338 e. The summed E-state index contributed by atoms with van der Waals surface area (Å²) in [6, 6.07) is 10.6. The van der Waals surface area contributed by atoms with E-state index in [1.807, 2.05) is 0 Å². The fourth-order valence-electron chi connectivity index (χ4n) is 2.04. The molecule has 2 aromatic carbocycles. The first-order chi connectivity index (χ1) is 13.4. The zero-order valence-electron chi connectivity index (χ0n) is 14.9. The summed E-state index contributed by atoms with van der Waals surface area (Å²) >= 11 is 0. The van der Waals surface area contributed by atoms with Crippen molar-refractivity contribution in [2.75, 3.05) is 25.6 Å². The van der Waals surface area contributed by atoms with E-state index >= 15 is 0 Å². The van der Waals surface area contributed by atoms with Gasteiger partial charge in [-0.2, -0.15) is 0 Å².